The van der Waals surface area contributed by atoms with Crippen LogP contribution in [0.25, 0.3) is 5.76 Å². The van der Waals surface area contributed by atoms with Gasteiger partial charge in [-0.2, -0.15) is 0 Å². The largest absolute Gasteiger partial charge is 0.508 e. The van der Waals surface area contributed by atoms with Crippen LogP contribution in [-0.4, -0.2) is 88.7 Å². The molecule has 0 bridgehead atoms. The third-order valence-electron chi connectivity index (χ3n) is 9.35. The molecule has 13 nitrogen and oxygen atoms in total. The fourth-order valence-corrected chi connectivity index (χ4v) is 7.74. The van der Waals surface area contributed by atoms with E-state index in [4.69, 9.17) is 22.1 Å². The van der Waals surface area contributed by atoms with Crippen molar-refractivity contribution in [3.05, 3.63) is 63.4 Å². The molecular formula is C32H35ClN4O9. The molecule has 2 amide bonds. The van der Waals surface area contributed by atoms with Crippen molar-refractivity contribution >= 4 is 52.3 Å². The van der Waals surface area contributed by atoms with Gasteiger partial charge in [-0.3, -0.25) is 24.6 Å². The Hall–Kier alpha value is -4.59. The Kier molecular flexibility index (Phi) is 7.66. The summed E-state index contributed by atoms with van der Waals surface area (Å²) in [6.45, 7) is 3.15. The van der Waals surface area contributed by atoms with E-state index >= 15 is 0 Å². The molecule has 0 spiro atoms. The predicted octanol–water partition coefficient (Wildman–Crippen LogP) is 3.07. The molecule has 7 N–H and O–H groups in total. The van der Waals surface area contributed by atoms with E-state index in [0.717, 1.165) is 0 Å². The average molecular weight is 655 g/mol. The van der Waals surface area contributed by atoms with Gasteiger partial charge in [0.15, 0.2) is 17.1 Å². The number of phenolic OH excluding ortho intramolecular Hbond substituents is 1. The third kappa shape index (κ3) is 4.52. The van der Waals surface area contributed by atoms with Crippen LogP contribution in [0.1, 0.15) is 31.4 Å². The second kappa shape index (κ2) is 10.7. The molecule has 3 aliphatic carbocycles. The third-order valence-corrected chi connectivity index (χ3v) is 9.60. The molecule has 0 heterocycles. The number of primary amides is 1. The average Bonchev–Trinajstić information content (AvgIpc) is 2.92. The first kappa shape index (κ1) is 32.8. The molecule has 0 radical (unpaired) electrons. The number of halogens is 1. The predicted molar refractivity (Wildman–Crippen MR) is 169 cm³/mol. The number of fused-ring (bicyclic) bond motifs is 3. The van der Waals surface area contributed by atoms with E-state index in [0.29, 0.717) is 16.3 Å². The first-order chi connectivity index (χ1) is 21.3. The summed E-state index contributed by atoms with van der Waals surface area (Å²) in [5.41, 5.74) is -1.03. The number of nitrogens with one attached hydrogen (secondary N) is 1. The van der Waals surface area contributed by atoms with Crippen molar-refractivity contribution in [2.24, 2.45) is 16.6 Å². The molecule has 244 valence electrons. The molecule has 2 aromatic rings. The van der Waals surface area contributed by atoms with Gasteiger partial charge in [0.2, 0.25) is 5.78 Å². The summed E-state index contributed by atoms with van der Waals surface area (Å²) < 4.78 is 5.28. The molecule has 14 heteroatoms. The topological polar surface area (TPSA) is 203 Å². The molecule has 1 fully saturated rings. The Morgan fingerprint density at radius 3 is 2.22 bits per heavy atom. The van der Waals surface area contributed by atoms with Crippen molar-refractivity contribution in [3.63, 3.8) is 0 Å². The number of hydrogen-bond donors (Lipinski definition) is 6. The van der Waals surface area contributed by atoms with Gasteiger partial charge in [0.05, 0.1) is 17.3 Å². The van der Waals surface area contributed by atoms with Crippen molar-refractivity contribution in [1.29, 1.82) is 0 Å². The van der Waals surface area contributed by atoms with Crippen molar-refractivity contribution in [1.82, 2.24) is 4.90 Å². The zero-order valence-electron chi connectivity index (χ0n) is 26.1. The maximum absolute atomic E-state index is 14.5. The summed E-state index contributed by atoms with van der Waals surface area (Å²) >= 11 is 5.89. The van der Waals surface area contributed by atoms with E-state index in [-0.39, 0.29) is 35.4 Å². The molecule has 0 aromatic heterocycles. The molecule has 0 aliphatic heterocycles. The number of likely N-dealkylation sites (N-methyl/N-ethyl adjacent to an activating group) is 1. The van der Waals surface area contributed by atoms with Gasteiger partial charge in [0.1, 0.15) is 22.8 Å². The zero-order valence-corrected chi connectivity index (χ0v) is 26.8. The molecule has 0 saturated heterocycles. The van der Waals surface area contributed by atoms with Crippen LogP contribution < -0.4 is 20.7 Å². The van der Waals surface area contributed by atoms with E-state index in [2.05, 4.69) is 5.32 Å². The Bertz CT molecular complexity index is 1780. The maximum atomic E-state index is 14.5. The second-order valence-electron chi connectivity index (χ2n) is 12.9. The number of ketones is 2. The monoisotopic (exact) mass is 654 g/mol. The normalized spacial score (nSPS) is 27.2. The standard InChI is InChI=1S/C32H35ClN4O9/c1-30-12-16-18(36(3)4)11-17(35-29(44)46-15-9-7-14(33)8-10-15)22(38)19(16)23(39)21(30)27(42)32(45)26(41)20(28(34)43)24(40)25(37(5)6)31(32,2)13-30/h7-11,25,38-39,41,45H,12-13H2,1-6H3,(H2,34,43)(H,35,44)/t25-,30+,31+,32-/m1/s1. The number of nitrogens with two attached hydrogens (primary N) is 1. The van der Waals surface area contributed by atoms with E-state index in [9.17, 15) is 39.6 Å². The number of benzene rings is 2. The minimum Gasteiger partial charge on any atom is -0.508 e. The van der Waals surface area contributed by atoms with E-state index in [1.54, 1.807) is 25.9 Å². The molecule has 46 heavy (non-hydrogen) atoms. The van der Waals surface area contributed by atoms with Gasteiger partial charge in [0, 0.05) is 41.2 Å². The lowest BCUT2D eigenvalue weighted by molar-refractivity contribution is -0.175. The van der Waals surface area contributed by atoms with Crippen molar-refractivity contribution in [2.75, 3.05) is 38.4 Å². The Morgan fingerprint density at radius 2 is 1.67 bits per heavy atom. The number of amides is 2. The van der Waals surface area contributed by atoms with Crippen LogP contribution in [-0.2, 0) is 20.8 Å². The van der Waals surface area contributed by atoms with Gasteiger partial charge in [-0.05, 0) is 62.8 Å². The number of aliphatic hydroxyl groups excluding tert-OH is 2. The smallest absolute Gasteiger partial charge is 0.417 e. The minimum atomic E-state index is -2.85. The SMILES string of the molecule is CN(C)c1cc(NC(=O)Oc2ccc(Cl)cc2)c(O)c2c1C[C@@]1(C)C[C@@]3(C)[C@H](N(C)C)C(=O)C(C(N)=O)=C(O)[C@@]3(O)C(=O)C1=C2O. The lowest BCUT2D eigenvalue weighted by Crippen LogP contribution is -2.72. The summed E-state index contributed by atoms with van der Waals surface area (Å²) in [5.74, 6) is -5.65. The number of aromatic hydroxyl groups is 1. The summed E-state index contributed by atoms with van der Waals surface area (Å²) in [7, 11) is 6.50. The van der Waals surface area contributed by atoms with Gasteiger partial charge in [-0.15, -0.1) is 0 Å². The summed E-state index contributed by atoms with van der Waals surface area (Å²) in [5, 5.41) is 49.6. The number of nitrogens with zero attached hydrogens (tertiary/aromatic N) is 2. The zero-order chi connectivity index (χ0) is 34.3. The second-order valence-corrected chi connectivity index (χ2v) is 13.4. The van der Waals surface area contributed by atoms with E-state index in [1.807, 2.05) is 0 Å². The maximum Gasteiger partial charge on any atom is 0.417 e. The number of hydrogen-bond acceptors (Lipinski definition) is 11. The lowest BCUT2D eigenvalue weighted by Gasteiger charge is -2.59. The van der Waals surface area contributed by atoms with E-state index in [1.165, 1.54) is 56.3 Å². The van der Waals surface area contributed by atoms with E-state index < -0.39 is 68.9 Å². The van der Waals surface area contributed by atoms with Crippen molar-refractivity contribution in [2.45, 2.75) is 38.3 Å². The number of rotatable bonds is 5. The van der Waals surface area contributed by atoms with Gasteiger partial charge in [-0.25, -0.2) is 4.79 Å². The molecule has 3 aliphatic rings. The van der Waals surface area contributed by atoms with Crippen LogP contribution in [0, 0.1) is 10.8 Å². The highest BCUT2D eigenvalue weighted by Crippen LogP contribution is 2.63. The number of anilines is 2. The molecule has 5 rings (SSSR count). The van der Waals surface area contributed by atoms with Crippen LogP contribution >= 0.6 is 11.6 Å². The van der Waals surface area contributed by atoms with Gasteiger partial charge in [0.25, 0.3) is 5.91 Å². The van der Waals surface area contributed by atoms with Gasteiger partial charge in [-0.1, -0.05) is 25.4 Å². The molecular weight excluding hydrogens is 620 g/mol. The van der Waals surface area contributed by atoms with Crippen LogP contribution in [0.4, 0.5) is 16.2 Å². The van der Waals surface area contributed by atoms with Crippen LogP contribution in [0.5, 0.6) is 11.5 Å². The number of carbonyl (C=O) groups is 4. The quantitative estimate of drug-likeness (QED) is 0.204. The lowest BCUT2D eigenvalue weighted by atomic mass is 9.46. The molecule has 2 aromatic carbocycles. The Morgan fingerprint density at radius 1 is 1.07 bits per heavy atom. The Labute approximate surface area is 269 Å². The number of aliphatic hydroxyl groups is 3. The highest BCUT2D eigenvalue weighted by molar-refractivity contribution is 6.30. The summed E-state index contributed by atoms with van der Waals surface area (Å²) in [4.78, 5) is 56.3. The Balaban J connectivity index is 1.70. The van der Waals surface area contributed by atoms with Gasteiger partial charge < -0.3 is 35.8 Å². The van der Waals surface area contributed by atoms with Crippen molar-refractivity contribution < 1.29 is 44.3 Å². The van der Waals surface area contributed by atoms with Crippen LogP contribution in [0.3, 0.4) is 0 Å². The highest BCUT2D eigenvalue weighted by atomic mass is 35.5. The number of Topliss-reactive ketones (excluding diaryl/α,β-unsaturated/α-hetero) is 2. The first-order valence-corrected chi connectivity index (χ1v) is 14.6. The molecule has 1 saturated carbocycles. The van der Waals surface area contributed by atoms with Gasteiger partial charge >= 0.3 is 6.09 Å². The number of carbonyl (C=O) groups excluding carboxylic acids is 4. The summed E-state index contributed by atoms with van der Waals surface area (Å²) in [6, 6.07) is 6.21. The molecule has 4 atom stereocenters. The van der Waals surface area contributed by atoms with Crippen LogP contribution in [0.15, 0.2) is 47.2 Å². The number of ether oxygens (including phenoxy) is 1. The minimum absolute atomic E-state index is 0.0389. The number of phenols is 1. The first-order valence-electron chi connectivity index (χ1n) is 14.3. The van der Waals surface area contributed by atoms with Crippen LogP contribution in [0.2, 0.25) is 5.02 Å². The summed E-state index contributed by atoms with van der Waals surface area (Å²) in [6.07, 6.45) is -1.05. The fourth-order valence-electron chi connectivity index (χ4n) is 7.61. The molecule has 0 unspecified atom stereocenters. The fraction of sp³-hybridized carbons (Fsp3) is 0.375. The highest BCUT2D eigenvalue weighted by Gasteiger charge is 2.72. The van der Waals surface area contributed by atoms with Crippen molar-refractivity contribution in [3.8, 4) is 11.5 Å².